The van der Waals surface area contributed by atoms with Crippen molar-refractivity contribution in [2.75, 3.05) is 11.5 Å². The van der Waals surface area contributed by atoms with E-state index < -0.39 is 11.9 Å². The van der Waals surface area contributed by atoms with Crippen LogP contribution >= 0.6 is 0 Å². The SMILES string of the molecule is CCc1cc(C2=c3cc4c(cc3OC2=O)=C(c2ccc(N)c(C)c2)C(=O)O4)ccc1N. The van der Waals surface area contributed by atoms with Gasteiger partial charge in [-0.25, -0.2) is 9.59 Å². The van der Waals surface area contributed by atoms with Crippen molar-refractivity contribution in [2.24, 2.45) is 0 Å². The largest absolute Gasteiger partial charge is 0.422 e. The molecule has 0 aromatic heterocycles. The summed E-state index contributed by atoms with van der Waals surface area (Å²) in [6.45, 7) is 3.88. The van der Waals surface area contributed by atoms with Crippen molar-refractivity contribution >= 4 is 34.5 Å². The lowest BCUT2D eigenvalue weighted by molar-refractivity contribution is -0.128. The highest BCUT2D eigenvalue weighted by Gasteiger charge is 2.30. The average molecular weight is 412 g/mol. The molecule has 31 heavy (non-hydrogen) atoms. The minimum absolute atomic E-state index is 0.398. The maximum absolute atomic E-state index is 12.7. The molecule has 0 atom stereocenters. The van der Waals surface area contributed by atoms with Gasteiger partial charge in [-0.1, -0.05) is 19.1 Å². The number of carbonyl (C=O) groups excluding carboxylic acids is 2. The molecular formula is C25H20N2O4. The second kappa shape index (κ2) is 6.74. The van der Waals surface area contributed by atoms with Gasteiger partial charge in [-0.15, -0.1) is 0 Å². The molecule has 0 aliphatic carbocycles. The first-order valence-electron chi connectivity index (χ1n) is 9.99. The van der Waals surface area contributed by atoms with Gasteiger partial charge < -0.3 is 20.9 Å². The fraction of sp³-hybridized carbons (Fsp3) is 0.120. The first-order chi connectivity index (χ1) is 14.9. The highest BCUT2D eigenvalue weighted by atomic mass is 16.5. The molecule has 0 fully saturated rings. The predicted octanol–water partition coefficient (Wildman–Crippen LogP) is 1.96. The molecule has 2 heterocycles. The van der Waals surface area contributed by atoms with Gasteiger partial charge in [0.2, 0.25) is 0 Å². The number of rotatable bonds is 3. The lowest BCUT2D eigenvalue weighted by Gasteiger charge is -2.06. The molecule has 0 spiro atoms. The number of nitrogen functional groups attached to an aromatic ring is 2. The number of aryl methyl sites for hydroxylation is 2. The maximum atomic E-state index is 12.7. The molecule has 154 valence electrons. The number of hydrogen-bond donors (Lipinski definition) is 2. The Labute approximate surface area is 178 Å². The Morgan fingerprint density at radius 3 is 1.77 bits per heavy atom. The molecule has 0 amide bonds. The highest BCUT2D eigenvalue weighted by molar-refractivity contribution is 6.21. The maximum Gasteiger partial charge on any atom is 0.344 e. The van der Waals surface area contributed by atoms with E-state index >= 15 is 0 Å². The molecule has 0 radical (unpaired) electrons. The molecule has 2 aliphatic rings. The van der Waals surface area contributed by atoms with Crippen LogP contribution in [0.5, 0.6) is 11.5 Å². The average Bonchev–Trinajstić information content (AvgIpc) is 3.23. The van der Waals surface area contributed by atoms with Crippen LogP contribution in [-0.2, 0) is 16.0 Å². The Hall–Kier alpha value is -4.06. The summed E-state index contributed by atoms with van der Waals surface area (Å²) in [5.41, 5.74) is 17.3. The molecule has 0 bridgehead atoms. The van der Waals surface area contributed by atoms with Crippen molar-refractivity contribution in [3.63, 3.8) is 0 Å². The summed E-state index contributed by atoms with van der Waals surface area (Å²) in [5.74, 6) is -0.0926. The van der Waals surface area contributed by atoms with Gasteiger partial charge in [0.15, 0.2) is 0 Å². The van der Waals surface area contributed by atoms with Crippen LogP contribution in [0.1, 0.15) is 29.2 Å². The Balaban J connectivity index is 1.75. The third-order valence-corrected chi connectivity index (χ3v) is 5.81. The Kier molecular flexibility index (Phi) is 4.12. The number of hydrogen-bond acceptors (Lipinski definition) is 6. The molecule has 0 unspecified atom stereocenters. The van der Waals surface area contributed by atoms with Gasteiger partial charge in [0, 0.05) is 21.8 Å². The van der Waals surface area contributed by atoms with Crippen molar-refractivity contribution < 1.29 is 19.1 Å². The molecule has 3 aromatic rings. The molecule has 0 saturated heterocycles. The molecule has 4 N–H and O–H groups in total. The second-order valence-electron chi connectivity index (χ2n) is 7.71. The third-order valence-electron chi connectivity index (χ3n) is 5.81. The quantitative estimate of drug-likeness (QED) is 0.387. The minimum atomic E-state index is -0.448. The Bertz CT molecular complexity index is 1440. The molecule has 5 rings (SSSR count). The normalized spacial score (nSPS) is 14.4. The Morgan fingerprint density at radius 1 is 0.742 bits per heavy atom. The van der Waals surface area contributed by atoms with E-state index in [4.69, 9.17) is 20.9 Å². The van der Waals surface area contributed by atoms with E-state index in [9.17, 15) is 9.59 Å². The first-order valence-corrected chi connectivity index (χ1v) is 9.99. The van der Waals surface area contributed by atoms with Crippen LogP contribution in [0.2, 0.25) is 0 Å². The smallest absolute Gasteiger partial charge is 0.344 e. The van der Waals surface area contributed by atoms with Gasteiger partial charge >= 0.3 is 11.9 Å². The van der Waals surface area contributed by atoms with Crippen molar-refractivity contribution in [1.82, 2.24) is 0 Å². The lowest BCUT2D eigenvalue weighted by Crippen LogP contribution is -2.11. The van der Waals surface area contributed by atoms with Crippen LogP contribution in [0.25, 0.3) is 11.1 Å². The minimum Gasteiger partial charge on any atom is -0.422 e. The molecular weight excluding hydrogens is 392 g/mol. The fourth-order valence-corrected chi connectivity index (χ4v) is 4.09. The number of esters is 2. The van der Waals surface area contributed by atoms with E-state index in [1.54, 1.807) is 36.4 Å². The zero-order valence-electron chi connectivity index (χ0n) is 17.1. The zero-order chi connectivity index (χ0) is 21.9. The van der Waals surface area contributed by atoms with Gasteiger partial charge in [0.05, 0.1) is 11.1 Å². The first kappa shape index (κ1) is 18.9. The summed E-state index contributed by atoms with van der Waals surface area (Å²) in [4.78, 5) is 25.4. The number of carbonyl (C=O) groups is 2. The molecule has 0 saturated carbocycles. The van der Waals surface area contributed by atoms with Gasteiger partial charge in [-0.05, 0) is 72.0 Å². The number of benzene rings is 3. The van der Waals surface area contributed by atoms with Crippen molar-refractivity contribution in [1.29, 1.82) is 0 Å². The van der Waals surface area contributed by atoms with Gasteiger partial charge in [-0.3, -0.25) is 0 Å². The fourth-order valence-electron chi connectivity index (χ4n) is 4.09. The number of nitrogens with two attached hydrogens (primary N) is 2. The summed E-state index contributed by atoms with van der Waals surface area (Å²) in [6.07, 6.45) is 0.746. The molecule has 2 aliphatic heterocycles. The number of fused-ring (bicyclic) bond motifs is 2. The predicted molar refractivity (Wildman–Crippen MR) is 118 cm³/mol. The van der Waals surface area contributed by atoms with E-state index in [1.807, 2.05) is 26.0 Å². The lowest BCUT2D eigenvalue weighted by atomic mass is 9.98. The van der Waals surface area contributed by atoms with Crippen molar-refractivity contribution in [3.05, 3.63) is 81.2 Å². The van der Waals surface area contributed by atoms with Crippen LogP contribution < -0.4 is 31.4 Å². The summed E-state index contributed by atoms with van der Waals surface area (Å²) in [7, 11) is 0. The van der Waals surface area contributed by atoms with E-state index in [1.165, 1.54) is 0 Å². The third kappa shape index (κ3) is 2.87. The number of anilines is 2. The summed E-state index contributed by atoms with van der Waals surface area (Å²) < 4.78 is 11.1. The van der Waals surface area contributed by atoms with E-state index in [0.29, 0.717) is 50.0 Å². The van der Waals surface area contributed by atoms with E-state index in [-0.39, 0.29) is 0 Å². The summed E-state index contributed by atoms with van der Waals surface area (Å²) >= 11 is 0. The summed E-state index contributed by atoms with van der Waals surface area (Å²) in [6, 6.07) is 14.3. The van der Waals surface area contributed by atoms with Gasteiger partial charge in [-0.2, -0.15) is 0 Å². The summed E-state index contributed by atoms with van der Waals surface area (Å²) in [5, 5.41) is 1.19. The standard InChI is InChI=1S/C25H20N2O4/c1-3-13-9-15(5-7-19(13)27)23-17-11-20-16(10-21(17)31-25(23)29)22(24(28)30-20)14-4-6-18(26)12(2)8-14/h4-11H,3,26-27H2,1-2H3. The number of ether oxygens (including phenoxy) is 2. The van der Waals surface area contributed by atoms with E-state index in [0.717, 1.165) is 23.1 Å². The van der Waals surface area contributed by atoms with E-state index in [2.05, 4.69) is 0 Å². The monoisotopic (exact) mass is 412 g/mol. The van der Waals surface area contributed by atoms with Crippen molar-refractivity contribution in [3.8, 4) is 11.5 Å². The van der Waals surface area contributed by atoms with Crippen LogP contribution in [0.3, 0.4) is 0 Å². The molecule has 6 nitrogen and oxygen atoms in total. The van der Waals surface area contributed by atoms with Gasteiger partial charge in [0.1, 0.15) is 11.5 Å². The zero-order valence-corrected chi connectivity index (χ0v) is 17.1. The molecule has 6 heteroatoms. The van der Waals surface area contributed by atoms with Crippen LogP contribution in [-0.4, -0.2) is 11.9 Å². The van der Waals surface area contributed by atoms with Crippen molar-refractivity contribution in [2.45, 2.75) is 20.3 Å². The van der Waals surface area contributed by atoms with Gasteiger partial charge in [0.25, 0.3) is 0 Å². The van der Waals surface area contributed by atoms with Crippen LogP contribution in [0.4, 0.5) is 11.4 Å². The highest BCUT2D eigenvalue weighted by Crippen LogP contribution is 2.29. The Morgan fingerprint density at radius 2 is 1.26 bits per heavy atom. The molecule has 3 aromatic carbocycles. The van der Waals surface area contributed by atoms with Crippen LogP contribution in [0.15, 0.2) is 48.5 Å². The topological polar surface area (TPSA) is 105 Å². The second-order valence-corrected chi connectivity index (χ2v) is 7.71. The van der Waals surface area contributed by atoms with Crippen LogP contribution in [0, 0.1) is 6.92 Å².